The van der Waals surface area contributed by atoms with Crippen molar-refractivity contribution in [3.05, 3.63) is 35.9 Å². The van der Waals surface area contributed by atoms with Gasteiger partial charge in [-0.1, -0.05) is 43.2 Å². The van der Waals surface area contributed by atoms with E-state index in [9.17, 15) is 4.79 Å². The Morgan fingerprint density at radius 3 is 2.23 bits per heavy atom. The third-order valence-corrected chi connectivity index (χ3v) is 3.78. The molecule has 1 rings (SSSR count). The highest BCUT2D eigenvalue weighted by molar-refractivity contribution is 5.75. The summed E-state index contributed by atoms with van der Waals surface area (Å²) in [6.07, 6.45) is 8.64. The van der Waals surface area contributed by atoms with Gasteiger partial charge in [-0.25, -0.2) is 0 Å². The molecule has 0 aliphatic heterocycles. The molecule has 0 saturated heterocycles. The van der Waals surface area contributed by atoms with Gasteiger partial charge in [0, 0.05) is 33.7 Å². The SMILES string of the molecule is CN(C)C(=O)CCCCOCCCCCCc1ccccc1. The third-order valence-electron chi connectivity index (χ3n) is 3.78. The lowest BCUT2D eigenvalue weighted by atomic mass is 10.1. The number of nitrogens with zero attached hydrogens (tertiary/aromatic N) is 1. The number of unbranched alkanes of at least 4 members (excludes halogenated alkanes) is 4. The summed E-state index contributed by atoms with van der Waals surface area (Å²) in [5.74, 6) is 0.207. The van der Waals surface area contributed by atoms with E-state index in [4.69, 9.17) is 4.74 Å². The predicted molar refractivity (Wildman–Crippen MR) is 92.0 cm³/mol. The minimum absolute atomic E-state index is 0.207. The van der Waals surface area contributed by atoms with Crippen LogP contribution in [0.25, 0.3) is 0 Å². The minimum atomic E-state index is 0.207. The monoisotopic (exact) mass is 305 g/mol. The molecule has 0 saturated carbocycles. The van der Waals surface area contributed by atoms with E-state index in [1.54, 1.807) is 19.0 Å². The second-order valence-corrected chi connectivity index (χ2v) is 6.01. The summed E-state index contributed by atoms with van der Waals surface area (Å²) in [5, 5.41) is 0. The Kier molecular flexibility index (Phi) is 10.4. The molecule has 22 heavy (non-hydrogen) atoms. The second-order valence-electron chi connectivity index (χ2n) is 6.01. The van der Waals surface area contributed by atoms with Crippen molar-refractivity contribution in [2.45, 2.75) is 51.4 Å². The lowest BCUT2D eigenvalue weighted by Crippen LogP contribution is -2.21. The lowest BCUT2D eigenvalue weighted by Gasteiger charge is -2.09. The molecule has 3 heteroatoms. The fraction of sp³-hybridized carbons (Fsp3) is 0.632. The van der Waals surface area contributed by atoms with Crippen molar-refractivity contribution in [3.63, 3.8) is 0 Å². The first-order chi connectivity index (χ1) is 10.7. The molecular formula is C19H31NO2. The van der Waals surface area contributed by atoms with Crippen LogP contribution in [0.4, 0.5) is 0 Å². The van der Waals surface area contributed by atoms with Gasteiger partial charge in [0.05, 0.1) is 0 Å². The maximum absolute atomic E-state index is 11.4. The molecular weight excluding hydrogens is 274 g/mol. The number of carbonyl (C=O) groups excluding carboxylic acids is 1. The van der Waals surface area contributed by atoms with Crippen LogP contribution in [0.15, 0.2) is 30.3 Å². The van der Waals surface area contributed by atoms with Crippen molar-refractivity contribution >= 4 is 5.91 Å². The fourth-order valence-electron chi connectivity index (χ4n) is 2.34. The number of hydrogen-bond donors (Lipinski definition) is 0. The van der Waals surface area contributed by atoms with Crippen molar-refractivity contribution in [2.24, 2.45) is 0 Å². The second kappa shape index (κ2) is 12.2. The molecule has 0 heterocycles. The van der Waals surface area contributed by atoms with Crippen molar-refractivity contribution in [1.82, 2.24) is 4.90 Å². The zero-order valence-corrected chi connectivity index (χ0v) is 14.2. The molecule has 1 aromatic carbocycles. The molecule has 0 radical (unpaired) electrons. The van der Waals surface area contributed by atoms with E-state index >= 15 is 0 Å². The van der Waals surface area contributed by atoms with Gasteiger partial charge < -0.3 is 9.64 Å². The van der Waals surface area contributed by atoms with Gasteiger partial charge in [0.1, 0.15) is 0 Å². The summed E-state index contributed by atoms with van der Waals surface area (Å²) in [6, 6.07) is 10.7. The summed E-state index contributed by atoms with van der Waals surface area (Å²) >= 11 is 0. The van der Waals surface area contributed by atoms with E-state index in [1.165, 1.54) is 31.2 Å². The molecule has 0 fully saturated rings. The Balaban J connectivity index is 1.81. The van der Waals surface area contributed by atoms with Crippen LogP contribution in [-0.2, 0) is 16.0 Å². The molecule has 1 aromatic rings. The van der Waals surface area contributed by atoms with E-state index in [0.29, 0.717) is 6.42 Å². The van der Waals surface area contributed by atoms with Crippen LogP contribution in [0.2, 0.25) is 0 Å². The average molecular weight is 305 g/mol. The van der Waals surface area contributed by atoms with Crippen LogP contribution in [0.1, 0.15) is 50.5 Å². The number of ether oxygens (including phenoxy) is 1. The highest BCUT2D eigenvalue weighted by atomic mass is 16.5. The maximum atomic E-state index is 11.4. The number of hydrogen-bond acceptors (Lipinski definition) is 2. The van der Waals surface area contributed by atoms with Gasteiger partial charge in [-0.05, 0) is 37.7 Å². The quantitative estimate of drug-likeness (QED) is 0.545. The summed E-state index contributed by atoms with van der Waals surface area (Å²) in [6.45, 7) is 1.64. The summed E-state index contributed by atoms with van der Waals surface area (Å²) in [4.78, 5) is 13.0. The van der Waals surface area contributed by atoms with Gasteiger partial charge in [-0.2, -0.15) is 0 Å². The average Bonchev–Trinajstić information content (AvgIpc) is 2.53. The molecule has 0 N–H and O–H groups in total. The molecule has 0 aliphatic carbocycles. The standard InChI is InChI=1S/C19H31NO2/c1-20(2)19(21)15-9-11-17-22-16-10-4-3-6-12-18-13-7-5-8-14-18/h5,7-8,13-14H,3-4,6,9-12,15-17H2,1-2H3. The highest BCUT2D eigenvalue weighted by Crippen LogP contribution is 2.08. The Labute approximate surface area is 135 Å². The highest BCUT2D eigenvalue weighted by Gasteiger charge is 2.02. The van der Waals surface area contributed by atoms with E-state index in [1.807, 2.05) is 0 Å². The van der Waals surface area contributed by atoms with E-state index < -0.39 is 0 Å². The Hall–Kier alpha value is -1.35. The van der Waals surface area contributed by atoms with Gasteiger partial charge in [0.15, 0.2) is 0 Å². The molecule has 0 aromatic heterocycles. The molecule has 0 unspecified atom stereocenters. The molecule has 0 atom stereocenters. The van der Waals surface area contributed by atoms with Gasteiger partial charge >= 0.3 is 0 Å². The smallest absolute Gasteiger partial charge is 0.222 e. The molecule has 0 aliphatic rings. The van der Waals surface area contributed by atoms with Crippen LogP contribution >= 0.6 is 0 Å². The lowest BCUT2D eigenvalue weighted by molar-refractivity contribution is -0.128. The Morgan fingerprint density at radius 2 is 1.55 bits per heavy atom. The van der Waals surface area contributed by atoms with Crippen LogP contribution in [0.3, 0.4) is 0 Å². The number of aryl methyl sites for hydroxylation is 1. The number of amides is 1. The molecule has 0 bridgehead atoms. The topological polar surface area (TPSA) is 29.5 Å². The van der Waals surface area contributed by atoms with Crippen molar-refractivity contribution in [1.29, 1.82) is 0 Å². The first kappa shape index (κ1) is 18.7. The molecule has 3 nitrogen and oxygen atoms in total. The Bertz CT molecular complexity index is 390. The fourth-order valence-corrected chi connectivity index (χ4v) is 2.34. The molecule has 124 valence electrons. The number of carbonyl (C=O) groups is 1. The summed E-state index contributed by atoms with van der Waals surface area (Å²) in [7, 11) is 3.60. The Morgan fingerprint density at radius 1 is 0.909 bits per heavy atom. The van der Waals surface area contributed by atoms with Crippen LogP contribution in [0.5, 0.6) is 0 Å². The molecule has 0 spiro atoms. The predicted octanol–water partition coefficient (Wildman–Crippen LogP) is 4.06. The van der Waals surface area contributed by atoms with Crippen molar-refractivity contribution < 1.29 is 9.53 Å². The van der Waals surface area contributed by atoms with Crippen molar-refractivity contribution in [2.75, 3.05) is 27.3 Å². The normalized spacial score (nSPS) is 10.6. The van der Waals surface area contributed by atoms with Crippen LogP contribution < -0.4 is 0 Å². The largest absolute Gasteiger partial charge is 0.381 e. The molecule has 1 amide bonds. The zero-order valence-electron chi connectivity index (χ0n) is 14.2. The summed E-state index contributed by atoms with van der Waals surface area (Å²) in [5.41, 5.74) is 1.44. The van der Waals surface area contributed by atoms with E-state index in [0.717, 1.165) is 32.5 Å². The van der Waals surface area contributed by atoms with Crippen LogP contribution in [0, 0.1) is 0 Å². The summed E-state index contributed by atoms with van der Waals surface area (Å²) < 4.78 is 5.62. The number of rotatable bonds is 12. The first-order valence-electron chi connectivity index (χ1n) is 8.52. The van der Waals surface area contributed by atoms with Gasteiger partial charge in [0.25, 0.3) is 0 Å². The van der Waals surface area contributed by atoms with Gasteiger partial charge in [-0.3, -0.25) is 4.79 Å². The maximum Gasteiger partial charge on any atom is 0.222 e. The van der Waals surface area contributed by atoms with Gasteiger partial charge in [0.2, 0.25) is 5.91 Å². The minimum Gasteiger partial charge on any atom is -0.381 e. The zero-order chi connectivity index (χ0) is 16.0. The first-order valence-corrected chi connectivity index (χ1v) is 8.52. The van der Waals surface area contributed by atoms with Crippen LogP contribution in [-0.4, -0.2) is 38.1 Å². The van der Waals surface area contributed by atoms with Crippen molar-refractivity contribution in [3.8, 4) is 0 Å². The third kappa shape index (κ3) is 9.56. The number of benzene rings is 1. The van der Waals surface area contributed by atoms with E-state index in [2.05, 4.69) is 30.3 Å². The van der Waals surface area contributed by atoms with Gasteiger partial charge in [-0.15, -0.1) is 0 Å². The van der Waals surface area contributed by atoms with E-state index in [-0.39, 0.29) is 5.91 Å².